The third-order valence-electron chi connectivity index (χ3n) is 1.60. The Morgan fingerprint density at radius 1 is 1.38 bits per heavy atom. The molecule has 0 N–H and O–H groups in total. The van der Waals surface area contributed by atoms with E-state index in [9.17, 15) is 4.79 Å². The molecule has 0 atom stereocenters. The number of rotatable bonds is 3. The topological polar surface area (TPSA) is 26.3 Å². The quantitative estimate of drug-likeness (QED) is 0.520. The van der Waals surface area contributed by atoms with Gasteiger partial charge < -0.3 is 4.74 Å². The van der Waals surface area contributed by atoms with E-state index in [-0.39, 0.29) is 0 Å². The standard InChI is InChI=1S/C11H11O2/c1-3-11(12)13-9(2)10-7-5-4-6-8-10/h3-8H,1H2,2H3. The van der Waals surface area contributed by atoms with Crippen molar-refractivity contribution < 1.29 is 9.53 Å². The first-order valence-corrected chi connectivity index (χ1v) is 3.97. The van der Waals surface area contributed by atoms with Gasteiger partial charge in [-0.3, -0.25) is 0 Å². The molecule has 0 aliphatic heterocycles. The summed E-state index contributed by atoms with van der Waals surface area (Å²) < 4.78 is 4.95. The lowest BCUT2D eigenvalue weighted by atomic mass is 10.1. The lowest BCUT2D eigenvalue weighted by Gasteiger charge is -2.09. The van der Waals surface area contributed by atoms with Gasteiger partial charge in [0.05, 0.1) is 0 Å². The lowest BCUT2D eigenvalue weighted by molar-refractivity contribution is -0.135. The van der Waals surface area contributed by atoms with Crippen molar-refractivity contribution in [3.63, 3.8) is 0 Å². The Balaban J connectivity index is 2.63. The highest BCUT2D eigenvalue weighted by molar-refractivity contribution is 5.82. The summed E-state index contributed by atoms with van der Waals surface area (Å²) in [5.74, 6) is -0.429. The molecule has 0 spiro atoms. The minimum absolute atomic E-state index is 0.429. The van der Waals surface area contributed by atoms with Gasteiger partial charge in [-0.15, -0.1) is 0 Å². The van der Waals surface area contributed by atoms with Crippen LogP contribution in [0.25, 0.3) is 0 Å². The molecule has 0 fully saturated rings. The molecule has 2 heteroatoms. The van der Waals surface area contributed by atoms with Crippen LogP contribution >= 0.6 is 0 Å². The van der Waals surface area contributed by atoms with Crippen molar-refractivity contribution in [3.8, 4) is 0 Å². The lowest BCUT2D eigenvalue weighted by Crippen LogP contribution is -2.06. The Labute approximate surface area is 77.8 Å². The molecule has 0 aliphatic rings. The Kier molecular flexibility index (Phi) is 3.26. The van der Waals surface area contributed by atoms with E-state index >= 15 is 0 Å². The van der Waals surface area contributed by atoms with Gasteiger partial charge in [0.25, 0.3) is 0 Å². The summed E-state index contributed by atoms with van der Waals surface area (Å²) in [7, 11) is 0. The van der Waals surface area contributed by atoms with Crippen LogP contribution in [0.15, 0.2) is 43.0 Å². The second-order valence-electron chi connectivity index (χ2n) is 2.55. The summed E-state index contributed by atoms with van der Waals surface area (Å²) in [6, 6.07) is 9.45. The van der Waals surface area contributed by atoms with Crippen molar-refractivity contribution in [2.75, 3.05) is 0 Å². The van der Waals surface area contributed by atoms with Crippen LogP contribution in [0.5, 0.6) is 0 Å². The molecule has 0 saturated heterocycles. The smallest absolute Gasteiger partial charge is 0.331 e. The minimum Gasteiger partial charge on any atom is -0.447 e. The van der Waals surface area contributed by atoms with Gasteiger partial charge in [0.1, 0.15) is 0 Å². The molecule has 0 amide bonds. The highest BCUT2D eigenvalue weighted by Crippen LogP contribution is 2.14. The number of hydrogen-bond acceptors (Lipinski definition) is 2. The van der Waals surface area contributed by atoms with Crippen LogP contribution in [0.2, 0.25) is 0 Å². The number of hydrogen-bond donors (Lipinski definition) is 0. The molecule has 1 rings (SSSR count). The van der Waals surface area contributed by atoms with Crippen molar-refractivity contribution in [2.45, 2.75) is 6.92 Å². The SMILES string of the molecule is C=CC(=O)O[C](C)c1ccccc1. The van der Waals surface area contributed by atoms with Crippen molar-refractivity contribution in [2.24, 2.45) is 0 Å². The van der Waals surface area contributed by atoms with Crippen LogP contribution in [0, 0.1) is 6.10 Å². The molecule has 67 valence electrons. The summed E-state index contributed by atoms with van der Waals surface area (Å²) >= 11 is 0. The van der Waals surface area contributed by atoms with Crippen LogP contribution in [0.4, 0.5) is 0 Å². The molecule has 1 radical (unpaired) electrons. The molecule has 0 aromatic heterocycles. The highest BCUT2D eigenvalue weighted by atomic mass is 16.5. The predicted molar refractivity (Wildman–Crippen MR) is 50.8 cm³/mol. The maximum absolute atomic E-state index is 10.8. The van der Waals surface area contributed by atoms with E-state index in [0.29, 0.717) is 6.10 Å². The van der Waals surface area contributed by atoms with Crippen molar-refractivity contribution in [1.29, 1.82) is 0 Å². The Bertz CT molecular complexity index is 290. The van der Waals surface area contributed by atoms with Gasteiger partial charge in [0, 0.05) is 6.08 Å². The van der Waals surface area contributed by atoms with E-state index in [1.807, 2.05) is 30.3 Å². The van der Waals surface area contributed by atoms with E-state index in [1.165, 1.54) is 0 Å². The predicted octanol–water partition coefficient (Wildman–Crippen LogP) is 2.32. The normalized spacial score (nSPS) is 9.69. The number of carbonyl (C=O) groups excluding carboxylic acids is 1. The number of carbonyl (C=O) groups is 1. The fourth-order valence-electron chi connectivity index (χ4n) is 0.924. The maximum atomic E-state index is 10.8. The van der Waals surface area contributed by atoms with E-state index in [4.69, 9.17) is 4.74 Å². The minimum atomic E-state index is -0.429. The average Bonchev–Trinajstić information content (AvgIpc) is 2.19. The monoisotopic (exact) mass is 175 g/mol. The van der Waals surface area contributed by atoms with Crippen LogP contribution < -0.4 is 0 Å². The first-order chi connectivity index (χ1) is 6.24. The molecule has 0 heterocycles. The molecule has 0 aliphatic carbocycles. The first-order valence-electron chi connectivity index (χ1n) is 3.97. The third kappa shape index (κ3) is 2.75. The molecular formula is C11H11O2. The van der Waals surface area contributed by atoms with Gasteiger partial charge in [-0.05, 0) is 12.5 Å². The van der Waals surface area contributed by atoms with Gasteiger partial charge in [0.15, 0.2) is 6.10 Å². The molecule has 0 bridgehead atoms. The van der Waals surface area contributed by atoms with Gasteiger partial charge in [0.2, 0.25) is 0 Å². The van der Waals surface area contributed by atoms with E-state index in [0.717, 1.165) is 11.6 Å². The second-order valence-corrected chi connectivity index (χ2v) is 2.55. The summed E-state index contributed by atoms with van der Waals surface area (Å²) in [5.41, 5.74) is 0.901. The molecule has 0 unspecified atom stereocenters. The van der Waals surface area contributed by atoms with E-state index < -0.39 is 5.97 Å². The molecule has 0 saturated carbocycles. The molecule has 13 heavy (non-hydrogen) atoms. The maximum Gasteiger partial charge on any atom is 0.331 e. The third-order valence-corrected chi connectivity index (χ3v) is 1.60. The van der Waals surface area contributed by atoms with Gasteiger partial charge in [-0.25, -0.2) is 4.79 Å². The zero-order chi connectivity index (χ0) is 9.68. The van der Waals surface area contributed by atoms with Crippen molar-refractivity contribution in [3.05, 3.63) is 54.7 Å². The Morgan fingerprint density at radius 3 is 2.54 bits per heavy atom. The zero-order valence-electron chi connectivity index (χ0n) is 7.49. The summed E-state index contributed by atoms with van der Waals surface area (Å²) in [4.78, 5) is 10.8. The van der Waals surface area contributed by atoms with E-state index in [1.54, 1.807) is 6.92 Å². The number of benzene rings is 1. The largest absolute Gasteiger partial charge is 0.447 e. The fourth-order valence-corrected chi connectivity index (χ4v) is 0.924. The fraction of sp³-hybridized carbons (Fsp3) is 0.0909. The van der Waals surface area contributed by atoms with Crippen molar-refractivity contribution >= 4 is 5.97 Å². The van der Waals surface area contributed by atoms with Gasteiger partial charge in [-0.1, -0.05) is 36.9 Å². The number of ether oxygens (including phenoxy) is 1. The molecular weight excluding hydrogens is 164 g/mol. The average molecular weight is 175 g/mol. The summed E-state index contributed by atoms with van der Waals surface area (Å²) in [5, 5.41) is 0. The van der Waals surface area contributed by atoms with Crippen LogP contribution in [0.1, 0.15) is 12.5 Å². The van der Waals surface area contributed by atoms with Crippen molar-refractivity contribution in [1.82, 2.24) is 0 Å². The van der Waals surface area contributed by atoms with Crippen LogP contribution in [-0.4, -0.2) is 5.97 Å². The Morgan fingerprint density at radius 2 is 2.00 bits per heavy atom. The molecule has 1 aromatic rings. The zero-order valence-corrected chi connectivity index (χ0v) is 7.49. The van der Waals surface area contributed by atoms with Crippen LogP contribution in [-0.2, 0) is 9.53 Å². The van der Waals surface area contributed by atoms with E-state index in [2.05, 4.69) is 6.58 Å². The Hall–Kier alpha value is -1.57. The van der Waals surface area contributed by atoms with Gasteiger partial charge in [-0.2, -0.15) is 0 Å². The van der Waals surface area contributed by atoms with Crippen LogP contribution in [0.3, 0.4) is 0 Å². The first kappa shape index (κ1) is 9.52. The second kappa shape index (κ2) is 4.45. The summed E-state index contributed by atoms with van der Waals surface area (Å²) in [6.45, 7) is 5.07. The molecule has 1 aromatic carbocycles. The summed E-state index contributed by atoms with van der Waals surface area (Å²) in [6.07, 6.45) is 1.73. The number of esters is 1. The molecule has 2 nitrogen and oxygen atoms in total. The highest BCUT2D eigenvalue weighted by Gasteiger charge is 2.09. The van der Waals surface area contributed by atoms with Gasteiger partial charge >= 0.3 is 5.97 Å².